The Morgan fingerprint density at radius 1 is 1.78 bits per heavy atom. The maximum absolute atomic E-state index is 8.92. The van der Waals surface area contributed by atoms with E-state index in [0.29, 0.717) is 5.76 Å². The molecule has 0 aliphatic carbocycles. The number of aliphatic hydroxyl groups excluding tert-OH is 1. The molecular weight excluding hydrogens is 184 g/mol. The van der Waals surface area contributed by atoms with Crippen molar-refractivity contribution in [3.05, 3.63) is 22.6 Å². The van der Waals surface area contributed by atoms with Crippen LogP contribution >= 0.6 is 15.9 Å². The van der Waals surface area contributed by atoms with Crippen LogP contribution in [0, 0.1) is 0 Å². The highest BCUT2D eigenvalue weighted by atomic mass is 79.9. The fourth-order valence-electron chi connectivity index (χ4n) is 0.547. The van der Waals surface area contributed by atoms with Gasteiger partial charge in [-0.3, -0.25) is 0 Å². The van der Waals surface area contributed by atoms with Crippen LogP contribution in [0.1, 0.15) is 18.8 Å². The Morgan fingerprint density at radius 2 is 2.44 bits per heavy atom. The minimum atomic E-state index is -0.517. The lowest BCUT2D eigenvalue weighted by Gasteiger charge is -1.94. The molecule has 1 N–H and O–H groups in total. The lowest BCUT2D eigenvalue weighted by atomic mass is 10.3. The second-order valence-electron chi connectivity index (χ2n) is 1.84. The molecule has 0 aromatic carbocycles. The zero-order valence-electron chi connectivity index (χ0n) is 4.97. The molecule has 50 valence electrons. The van der Waals surface area contributed by atoms with E-state index in [4.69, 9.17) is 9.52 Å². The SMILES string of the molecule is C[C@H](O)c1cc(Br)co1. The van der Waals surface area contributed by atoms with Crippen molar-refractivity contribution < 1.29 is 9.52 Å². The monoisotopic (exact) mass is 190 g/mol. The zero-order valence-corrected chi connectivity index (χ0v) is 6.55. The van der Waals surface area contributed by atoms with Crippen molar-refractivity contribution in [1.82, 2.24) is 0 Å². The normalized spacial score (nSPS) is 13.7. The predicted molar refractivity (Wildman–Crippen MR) is 37.0 cm³/mol. The van der Waals surface area contributed by atoms with Crippen molar-refractivity contribution in [2.75, 3.05) is 0 Å². The Labute approximate surface area is 61.6 Å². The summed E-state index contributed by atoms with van der Waals surface area (Å²) in [5.74, 6) is 0.585. The van der Waals surface area contributed by atoms with Gasteiger partial charge in [-0.05, 0) is 28.9 Å². The second-order valence-corrected chi connectivity index (χ2v) is 2.76. The number of furan rings is 1. The molecule has 1 heterocycles. The summed E-state index contributed by atoms with van der Waals surface area (Å²) >= 11 is 3.20. The number of hydrogen-bond donors (Lipinski definition) is 1. The third-order valence-corrected chi connectivity index (χ3v) is 1.42. The molecule has 0 saturated carbocycles. The van der Waals surface area contributed by atoms with Crippen LogP contribution in [0.3, 0.4) is 0 Å². The standard InChI is InChI=1S/C6H7BrO2/c1-4(8)6-2-5(7)3-9-6/h2-4,8H,1H3/t4-/m0/s1. The van der Waals surface area contributed by atoms with E-state index in [-0.39, 0.29) is 0 Å². The van der Waals surface area contributed by atoms with E-state index in [2.05, 4.69) is 15.9 Å². The van der Waals surface area contributed by atoms with Crippen LogP contribution in [-0.2, 0) is 0 Å². The molecule has 1 atom stereocenters. The second kappa shape index (κ2) is 2.54. The van der Waals surface area contributed by atoms with Crippen LogP contribution in [0.15, 0.2) is 21.2 Å². The first-order valence-electron chi connectivity index (χ1n) is 2.62. The molecular formula is C6H7BrO2. The lowest BCUT2D eigenvalue weighted by Crippen LogP contribution is -1.84. The molecule has 0 saturated heterocycles. The molecule has 1 aromatic rings. The minimum Gasteiger partial charge on any atom is -0.465 e. The Bertz CT molecular complexity index is 193. The Morgan fingerprint density at radius 3 is 2.67 bits per heavy atom. The van der Waals surface area contributed by atoms with Crippen molar-refractivity contribution >= 4 is 15.9 Å². The first kappa shape index (κ1) is 6.83. The summed E-state index contributed by atoms with van der Waals surface area (Å²) in [4.78, 5) is 0. The van der Waals surface area contributed by atoms with Crippen LogP contribution in [0.25, 0.3) is 0 Å². The van der Waals surface area contributed by atoms with Gasteiger partial charge in [-0.25, -0.2) is 0 Å². The Kier molecular flexibility index (Phi) is 1.93. The van der Waals surface area contributed by atoms with Crippen molar-refractivity contribution in [2.24, 2.45) is 0 Å². The van der Waals surface area contributed by atoms with Gasteiger partial charge in [0.05, 0.1) is 4.47 Å². The van der Waals surface area contributed by atoms with Gasteiger partial charge in [0, 0.05) is 0 Å². The average Bonchev–Trinajstić information content (AvgIpc) is 2.14. The van der Waals surface area contributed by atoms with Crippen LogP contribution in [0.4, 0.5) is 0 Å². The van der Waals surface area contributed by atoms with Gasteiger partial charge in [-0.15, -0.1) is 0 Å². The van der Waals surface area contributed by atoms with E-state index in [9.17, 15) is 0 Å². The number of hydrogen-bond acceptors (Lipinski definition) is 2. The van der Waals surface area contributed by atoms with Gasteiger partial charge < -0.3 is 9.52 Å². The van der Waals surface area contributed by atoms with E-state index >= 15 is 0 Å². The van der Waals surface area contributed by atoms with E-state index < -0.39 is 6.10 Å². The number of rotatable bonds is 1. The summed E-state index contributed by atoms with van der Waals surface area (Å²) in [6.45, 7) is 1.66. The molecule has 0 bridgehead atoms. The van der Waals surface area contributed by atoms with Crippen molar-refractivity contribution in [2.45, 2.75) is 13.0 Å². The van der Waals surface area contributed by atoms with Crippen molar-refractivity contribution in [3.63, 3.8) is 0 Å². The van der Waals surface area contributed by atoms with Crippen molar-refractivity contribution in [1.29, 1.82) is 0 Å². The molecule has 0 unspecified atom stereocenters. The largest absolute Gasteiger partial charge is 0.465 e. The third-order valence-electron chi connectivity index (χ3n) is 0.999. The average molecular weight is 191 g/mol. The molecule has 0 spiro atoms. The Hall–Kier alpha value is -0.280. The zero-order chi connectivity index (χ0) is 6.85. The van der Waals surface area contributed by atoms with Crippen LogP contribution < -0.4 is 0 Å². The first-order chi connectivity index (χ1) is 4.20. The fraction of sp³-hybridized carbons (Fsp3) is 0.333. The van der Waals surface area contributed by atoms with Crippen molar-refractivity contribution in [3.8, 4) is 0 Å². The first-order valence-corrected chi connectivity index (χ1v) is 3.41. The van der Waals surface area contributed by atoms with Gasteiger partial charge in [0.25, 0.3) is 0 Å². The molecule has 2 nitrogen and oxygen atoms in total. The summed E-state index contributed by atoms with van der Waals surface area (Å²) in [5, 5.41) is 8.92. The van der Waals surface area contributed by atoms with Crippen LogP contribution in [0.5, 0.6) is 0 Å². The van der Waals surface area contributed by atoms with Gasteiger partial charge in [-0.1, -0.05) is 0 Å². The molecule has 0 fully saturated rings. The summed E-state index contributed by atoms with van der Waals surface area (Å²) in [5.41, 5.74) is 0. The number of aliphatic hydroxyl groups is 1. The summed E-state index contributed by atoms with van der Waals surface area (Å²) in [7, 11) is 0. The third kappa shape index (κ3) is 1.56. The van der Waals surface area contributed by atoms with Gasteiger partial charge in [-0.2, -0.15) is 0 Å². The van der Waals surface area contributed by atoms with Gasteiger partial charge in [0.1, 0.15) is 18.1 Å². The van der Waals surface area contributed by atoms with E-state index in [1.165, 1.54) is 0 Å². The fourth-order valence-corrected chi connectivity index (χ4v) is 0.866. The summed E-state index contributed by atoms with van der Waals surface area (Å²) in [6, 6.07) is 1.74. The highest BCUT2D eigenvalue weighted by molar-refractivity contribution is 9.10. The highest BCUT2D eigenvalue weighted by Crippen LogP contribution is 2.19. The van der Waals surface area contributed by atoms with E-state index in [1.54, 1.807) is 19.3 Å². The molecule has 9 heavy (non-hydrogen) atoms. The summed E-state index contributed by atoms with van der Waals surface area (Å²) in [6.07, 6.45) is 1.03. The maximum atomic E-state index is 8.92. The molecule has 0 aliphatic heterocycles. The molecule has 3 heteroatoms. The highest BCUT2D eigenvalue weighted by Gasteiger charge is 2.03. The maximum Gasteiger partial charge on any atom is 0.133 e. The predicted octanol–water partition coefficient (Wildman–Crippen LogP) is 2.10. The van der Waals surface area contributed by atoms with Gasteiger partial charge in [0.2, 0.25) is 0 Å². The molecule has 0 amide bonds. The molecule has 1 aromatic heterocycles. The van der Waals surface area contributed by atoms with E-state index in [0.717, 1.165) is 4.47 Å². The van der Waals surface area contributed by atoms with Gasteiger partial charge >= 0.3 is 0 Å². The van der Waals surface area contributed by atoms with Crippen LogP contribution in [0.2, 0.25) is 0 Å². The quantitative estimate of drug-likeness (QED) is 0.737. The lowest BCUT2D eigenvalue weighted by molar-refractivity contribution is 0.169. The molecule has 0 aliphatic rings. The van der Waals surface area contributed by atoms with E-state index in [1.807, 2.05) is 0 Å². The summed E-state index contributed by atoms with van der Waals surface area (Å²) < 4.78 is 5.79. The molecule has 0 radical (unpaired) electrons. The Balaban J connectivity index is 2.85. The topological polar surface area (TPSA) is 33.4 Å². The van der Waals surface area contributed by atoms with Gasteiger partial charge in [0.15, 0.2) is 0 Å². The molecule has 1 rings (SSSR count). The van der Waals surface area contributed by atoms with Crippen LogP contribution in [-0.4, -0.2) is 5.11 Å². The smallest absolute Gasteiger partial charge is 0.133 e. The minimum absolute atomic E-state index is 0.517. The number of halogens is 1.